The van der Waals surface area contributed by atoms with E-state index in [9.17, 15) is 0 Å². The highest BCUT2D eigenvalue weighted by Crippen LogP contribution is 2.37. The van der Waals surface area contributed by atoms with E-state index in [0.717, 1.165) is 21.3 Å². The third-order valence-corrected chi connectivity index (χ3v) is 4.06. The Morgan fingerprint density at radius 1 is 1.09 bits per heavy atom. The van der Waals surface area contributed by atoms with Gasteiger partial charge in [0, 0.05) is 11.1 Å². The lowest BCUT2D eigenvalue weighted by molar-refractivity contribution is 0.0756. The van der Waals surface area contributed by atoms with Gasteiger partial charge in [0.15, 0.2) is 11.5 Å². The van der Waals surface area contributed by atoms with Crippen LogP contribution in [0, 0.1) is 0 Å². The molecule has 118 valence electrons. The highest BCUT2D eigenvalue weighted by Gasteiger charge is 2.15. The van der Waals surface area contributed by atoms with E-state index in [1.807, 2.05) is 56.3 Å². The number of ether oxygens (including phenoxy) is 3. The highest BCUT2D eigenvalue weighted by atomic mass is 79.9. The molecule has 0 fully saturated rings. The minimum Gasteiger partial charge on any atom is -0.493 e. The Balaban J connectivity index is 2.22. The summed E-state index contributed by atoms with van der Waals surface area (Å²) in [4.78, 5) is 0. The molecule has 1 unspecified atom stereocenters. The number of hydrogen-bond acceptors (Lipinski definition) is 3. The summed E-state index contributed by atoms with van der Waals surface area (Å²) in [6.45, 7) is 5.18. The van der Waals surface area contributed by atoms with Crippen molar-refractivity contribution in [1.82, 2.24) is 0 Å². The molecule has 2 aromatic carbocycles. The molecule has 0 amide bonds. The molecule has 0 aromatic heterocycles. The molecule has 22 heavy (non-hydrogen) atoms. The lowest BCUT2D eigenvalue weighted by atomic mass is 10.1. The normalized spacial score (nSPS) is 12.0. The Hall–Kier alpha value is -1.52. The standard InChI is InChI=1S/C18H21BrO3/c1-4-21-13(2)15-10-18(17(20-3)11-16(15)19)22-12-14-8-6-5-7-9-14/h5-11,13H,4,12H2,1-3H3. The predicted octanol–water partition coefficient (Wildman–Crippen LogP) is 5.13. The van der Waals surface area contributed by atoms with Crippen LogP contribution in [0.3, 0.4) is 0 Å². The Labute approximate surface area is 140 Å². The zero-order valence-corrected chi connectivity index (χ0v) is 14.7. The molecule has 0 radical (unpaired) electrons. The van der Waals surface area contributed by atoms with Crippen LogP contribution in [0.1, 0.15) is 31.1 Å². The van der Waals surface area contributed by atoms with Crippen molar-refractivity contribution in [1.29, 1.82) is 0 Å². The number of methoxy groups -OCH3 is 1. The Kier molecular flexibility index (Phi) is 6.28. The Morgan fingerprint density at radius 2 is 1.82 bits per heavy atom. The first-order valence-electron chi connectivity index (χ1n) is 7.31. The summed E-state index contributed by atoms with van der Waals surface area (Å²) in [7, 11) is 1.64. The summed E-state index contributed by atoms with van der Waals surface area (Å²) in [5, 5.41) is 0. The van der Waals surface area contributed by atoms with Gasteiger partial charge in [0.1, 0.15) is 6.61 Å². The average Bonchev–Trinajstić information content (AvgIpc) is 2.54. The SMILES string of the molecule is CCOC(C)c1cc(OCc2ccccc2)c(OC)cc1Br. The maximum absolute atomic E-state index is 5.94. The van der Waals surface area contributed by atoms with E-state index in [1.54, 1.807) is 7.11 Å². The van der Waals surface area contributed by atoms with Gasteiger partial charge in [0.25, 0.3) is 0 Å². The van der Waals surface area contributed by atoms with Crippen LogP contribution in [0.15, 0.2) is 46.9 Å². The molecule has 0 bridgehead atoms. The van der Waals surface area contributed by atoms with Gasteiger partial charge in [-0.2, -0.15) is 0 Å². The largest absolute Gasteiger partial charge is 0.493 e. The minimum absolute atomic E-state index is 0.00986. The second kappa shape index (κ2) is 8.20. The predicted molar refractivity (Wildman–Crippen MR) is 91.5 cm³/mol. The van der Waals surface area contributed by atoms with Gasteiger partial charge in [-0.1, -0.05) is 46.3 Å². The molecule has 2 rings (SSSR count). The van der Waals surface area contributed by atoms with Crippen LogP contribution in [0.4, 0.5) is 0 Å². The first kappa shape index (κ1) is 16.8. The average molecular weight is 365 g/mol. The first-order valence-corrected chi connectivity index (χ1v) is 8.10. The fourth-order valence-corrected chi connectivity index (χ4v) is 2.85. The summed E-state index contributed by atoms with van der Waals surface area (Å²) < 4.78 is 18.0. The fourth-order valence-electron chi connectivity index (χ4n) is 2.21. The molecule has 1 atom stereocenters. The molecule has 0 aliphatic rings. The summed E-state index contributed by atoms with van der Waals surface area (Å²) >= 11 is 3.57. The molecule has 4 heteroatoms. The van der Waals surface area contributed by atoms with Crippen molar-refractivity contribution < 1.29 is 14.2 Å². The topological polar surface area (TPSA) is 27.7 Å². The molecule has 3 nitrogen and oxygen atoms in total. The number of benzene rings is 2. The van der Waals surface area contributed by atoms with Crippen molar-refractivity contribution in [3.8, 4) is 11.5 Å². The van der Waals surface area contributed by atoms with Crippen LogP contribution in [-0.2, 0) is 11.3 Å². The lowest BCUT2D eigenvalue weighted by Crippen LogP contribution is -2.03. The molecular formula is C18H21BrO3. The number of hydrogen-bond donors (Lipinski definition) is 0. The maximum Gasteiger partial charge on any atom is 0.162 e. The van der Waals surface area contributed by atoms with Crippen LogP contribution >= 0.6 is 15.9 Å². The van der Waals surface area contributed by atoms with Gasteiger partial charge < -0.3 is 14.2 Å². The molecule has 0 aliphatic heterocycles. The molecule has 0 saturated heterocycles. The third-order valence-electron chi connectivity index (χ3n) is 3.37. The first-order chi connectivity index (χ1) is 10.7. The smallest absolute Gasteiger partial charge is 0.162 e. The van der Waals surface area contributed by atoms with Crippen LogP contribution < -0.4 is 9.47 Å². The highest BCUT2D eigenvalue weighted by molar-refractivity contribution is 9.10. The van der Waals surface area contributed by atoms with Crippen molar-refractivity contribution >= 4 is 15.9 Å². The van der Waals surface area contributed by atoms with Crippen molar-refractivity contribution in [2.75, 3.05) is 13.7 Å². The molecule has 2 aromatic rings. The van der Waals surface area contributed by atoms with Gasteiger partial charge >= 0.3 is 0 Å². The quantitative estimate of drug-likeness (QED) is 0.681. The van der Waals surface area contributed by atoms with Gasteiger partial charge in [-0.3, -0.25) is 0 Å². The van der Waals surface area contributed by atoms with Gasteiger partial charge in [-0.15, -0.1) is 0 Å². The molecule has 0 spiro atoms. The van der Waals surface area contributed by atoms with Crippen molar-refractivity contribution in [3.63, 3.8) is 0 Å². The number of halogens is 1. The zero-order valence-electron chi connectivity index (χ0n) is 13.1. The monoisotopic (exact) mass is 364 g/mol. The van der Waals surface area contributed by atoms with Gasteiger partial charge in [0.2, 0.25) is 0 Å². The summed E-state index contributed by atoms with van der Waals surface area (Å²) in [6, 6.07) is 14.0. The van der Waals surface area contributed by atoms with Crippen LogP contribution in [-0.4, -0.2) is 13.7 Å². The fraction of sp³-hybridized carbons (Fsp3) is 0.333. The zero-order chi connectivity index (χ0) is 15.9. The lowest BCUT2D eigenvalue weighted by Gasteiger charge is -2.18. The van der Waals surface area contributed by atoms with Gasteiger partial charge in [-0.05, 0) is 37.1 Å². The Bertz CT molecular complexity index is 599. The van der Waals surface area contributed by atoms with E-state index in [0.29, 0.717) is 19.0 Å². The Morgan fingerprint density at radius 3 is 2.45 bits per heavy atom. The third kappa shape index (κ3) is 4.24. The second-order valence-electron chi connectivity index (χ2n) is 4.90. The van der Waals surface area contributed by atoms with Gasteiger partial charge in [-0.25, -0.2) is 0 Å². The van der Waals surface area contributed by atoms with E-state index < -0.39 is 0 Å². The van der Waals surface area contributed by atoms with Crippen molar-refractivity contribution in [2.45, 2.75) is 26.6 Å². The van der Waals surface area contributed by atoms with E-state index in [2.05, 4.69) is 15.9 Å². The molecule has 0 aliphatic carbocycles. The molecule has 0 heterocycles. The van der Waals surface area contributed by atoms with Gasteiger partial charge in [0.05, 0.1) is 13.2 Å². The van der Waals surface area contributed by atoms with E-state index in [-0.39, 0.29) is 6.10 Å². The van der Waals surface area contributed by atoms with Crippen molar-refractivity contribution in [2.24, 2.45) is 0 Å². The summed E-state index contributed by atoms with van der Waals surface area (Å²) in [5.74, 6) is 1.42. The van der Waals surface area contributed by atoms with Crippen LogP contribution in [0.25, 0.3) is 0 Å². The number of rotatable bonds is 7. The van der Waals surface area contributed by atoms with Crippen LogP contribution in [0.2, 0.25) is 0 Å². The molecular weight excluding hydrogens is 344 g/mol. The molecule has 0 saturated carbocycles. The molecule has 0 N–H and O–H groups in total. The summed E-state index contributed by atoms with van der Waals surface area (Å²) in [5.41, 5.74) is 2.16. The minimum atomic E-state index is -0.00986. The second-order valence-corrected chi connectivity index (χ2v) is 5.75. The maximum atomic E-state index is 5.94. The van der Waals surface area contributed by atoms with E-state index in [1.165, 1.54) is 0 Å². The van der Waals surface area contributed by atoms with E-state index >= 15 is 0 Å². The van der Waals surface area contributed by atoms with Crippen LogP contribution in [0.5, 0.6) is 11.5 Å². The summed E-state index contributed by atoms with van der Waals surface area (Å²) in [6.07, 6.45) is -0.00986. The van der Waals surface area contributed by atoms with E-state index in [4.69, 9.17) is 14.2 Å². The van der Waals surface area contributed by atoms with Crippen molar-refractivity contribution in [3.05, 3.63) is 58.1 Å².